The normalized spacial score (nSPS) is 21.7. The lowest BCUT2D eigenvalue weighted by Crippen LogP contribution is -2.39. The van der Waals surface area contributed by atoms with Gasteiger partial charge in [0.05, 0.1) is 12.1 Å². The molecule has 0 saturated heterocycles. The van der Waals surface area contributed by atoms with Gasteiger partial charge in [0, 0.05) is 0 Å². The monoisotopic (exact) mass is 252 g/mol. The Hall–Kier alpha value is -0.740. The molecule has 0 fully saturated rings. The van der Waals surface area contributed by atoms with Gasteiger partial charge in [-0.1, -0.05) is 23.2 Å². The molecule has 1 rings (SSSR count). The molecule has 15 heavy (non-hydrogen) atoms. The van der Waals surface area contributed by atoms with Crippen LogP contribution in [0.2, 0.25) is 0 Å². The van der Waals surface area contributed by atoms with Crippen molar-refractivity contribution in [1.82, 2.24) is 0 Å². The highest BCUT2D eigenvalue weighted by Crippen LogP contribution is 2.39. The van der Waals surface area contributed by atoms with E-state index in [0.29, 0.717) is 0 Å². The van der Waals surface area contributed by atoms with Crippen molar-refractivity contribution < 1.29 is 19.1 Å². The molecule has 0 amide bonds. The number of hydrogen-bond donors (Lipinski definition) is 0. The molecule has 0 bridgehead atoms. The number of esters is 2. The van der Waals surface area contributed by atoms with Crippen molar-refractivity contribution in [2.45, 2.75) is 20.0 Å². The topological polar surface area (TPSA) is 52.6 Å². The maximum Gasteiger partial charge on any atom is 0.351 e. The highest BCUT2D eigenvalue weighted by molar-refractivity contribution is 6.48. The van der Waals surface area contributed by atoms with Crippen molar-refractivity contribution in [2.24, 2.45) is 5.41 Å². The van der Waals surface area contributed by atoms with Gasteiger partial charge in [-0.05, 0) is 13.8 Å². The lowest BCUT2D eigenvalue weighted by Gasteiger charge is -2.27. The number of ether oxygens (including phenoxy) is 2. The number of carbonyl (C=O) groups excluding carboxylic acids is 2. The van der Waals surface area contributed by atoms with E-state index in [1.54, 1.807) is 13.8 Å². The molecule has 4 nitrogen and oxygen atoms in total. The van der Waals surface area contributed by atoms with Crippen LogP contribution in [0.3, 0.4) is 0 Å². The second-order valence-corrected chi connectivity index (χ2v) is 4.45. The Morgan fingerprint density at radius 3 is 2.33 bits per heavy atom. The van der Waals surface area contributed by atoms with Gasteiger partial charge in [-0.15, -0.1) is 0 Å². The predicted octanol–water partition coefficient (Wildman–Crippen LogP) is 1.80. The van der Waals surface area contributed by atoms with Gasteiger partial charge < -0.3 is 9.47 Å². The SMILES string of the molecule is COC(=O)C(C)(C)C1OC(=O)C(Cl)=C1Cl. The van der Waals surface area contributed by atoms with E-state index in [4.69, 9.17) is 27.9 Å². The van der Waals surface area contributed by atoms with Gasteiger partial charge in [-0.3, -0.25) is 4.79 Å². The van der Waals surface area contributed by atoms with E-state index in [-0.39, 0.29) is 10.1 Å². The molecule has 1 aliphatic heterocycles. The maximum atomic E-state index is 11.4. The van der Waals surface area contributed by atoms with Crippen LogP contribution in [0.4, 0.5) is 0 Å². The molecular weight excluding hydrogens is 243 g/mol. The minimum absolute atomic E-state index is 0.0390. The third-order valence-electron chi connectivity index (χ3n) is 2.21. The third-order valence-corrected chi connectivity index (χ3v) is 3.05. The molecule has 0 spiro atoms. The highest BCUT2D eigenvalue weighted by Gasteiger charge is 2.47. The summed E-state index contributed by atoms with van der Waals surface area (Å²) in [5, 5.41) is -0.143. The number of methoxy groups -OCH3 is 1. The van der Waals surface area contributed by atoms with Crippen molar-refractivity contribution in [3.63, 3.8) is 0 Å². The van der Waals surface area contributed by atoms with Gasteiger partial charge in [0.15, 0.2) is 6.10 Å². The van der Waals surface area contributed by atoms with Crippen molar-refractivity contribution >= 4 is 35.1 Å². The first-order valence-corrected chi connectivity index (χ1v) is 4.92. The quantitative estimate of drug-likeness (QED) is 0.704. The summed E-state index contributed by atoms with van der Waals surface area (Å²) in [4.78, 5) is 22.5. The van der Waals surface area contributed by atoms with Crippen LogP contribution in [0.1, 0.15) is 13.8 Å². The Labute approximate surface area is 97.1 Å². The Balaban J connectivity index is 3.02. The summed E-state index contributed by atoms with van der Waals surface area (Å²) >= 11 is 11.4. The zero-order chi connectivity index (χ0) is 11.8. The molecule has 6 heteroatoms. The summed E-state index contributed by atoms with van der Waals surface area (Å²) in [5.74, 6) is -1.24. The molecule has 0 radical (unpaired) electrons. The molecule has 1 atom stereocenters. The van der Waals surface area contributed by atoms with Crippen LogP contribution in [-0.4, -0.2) is 25.2 Å². The van der Waals surface area contributed by atoms with Gasteiger partial charge in [-0.25, -0.2) is 4.79 Å². The van der Waals surface area contributed by atoms with Crippen LogP contribution < -0.4 is 0 Å². The van der Waals surface area contributed by atoms with E-state index in [0.717, 1.165) is 0 Å². The van der Waals surface area contributed by atoms with Crippen LogP contribution in [-0.2, 0) is 19.1 Å². The van der Waals surface area contributed by atoms with Crippen LogP contribution in [0.15, 0.2) is 10.1 Å². The molecular formula is C9H10Cl2O4. The molecule has 84 valence electrons. The lowest BCUT2D eigenvalue weighted by atomic mass is 9.86. The fourth-order valence-corrected chi connectivity index (χ4v) is 1.80. The van der Waals surface area contributed by atoms with Crippen molar-refractivity contribution in [3.8, 4) is 0 Å². The van der Waals surface area contributed by atoms with Crippen molar-refractivity contribution in [3.05, 3.63) is 10.1 Å². The van der Waals surface area contributed by atoms with Crippen molar-refractivity contribution in [2.75, 3.05) is 7.11 Å². The first-order valence-electron chi connectivity index (χ1n) is 4.17. The number of rotatable bonds is 2. The average molecular weight is 253 g/mol. The standard InChI is InChI=1S/C9H10Cl2O4/c1-9(2,8(13)14-3)6-4(10)5(11)7(12)15-6/h6H,1-3H3. The van der Waals surface area contributed by atoms with Gasteiger partial charge >= 0.3 is 11.9 Å². The lowest BCUT2D eigenvalue weighted by molar-refractivity contribution is -0.160. The molecule has 0 aliphatic carbocycles. The second-order valence-electron chi connectivity index (χ2n) is 3.66. The highest BCUT2D eigenvalue weighted by atomic mass is 35.5. The van der Waals surface area contributed by atoms with Crippen LogP contribution in [0.25, 0.3) is 0 Å². The first-order chi connectivity index (χ1) is 6.82. The summed E-state index contributed by atoms with van der Waals surface area (Å²) in [5.41, 5.74) is -1.06. The van der Waals surface area contributed by atoms with E-state index in [1.165, 1.54) is 7.11 Å². The Morgan fingerprint density at radius 2 is 2.00 bits per heavy atom. The molecule has 0 saturated carbocycles. The Morgan fingerprint density at radius 1 is 1.47 bits per heavy atom. The van der Waals surface area contributed by atoms with Gasteiger partial charge in [0.25, 0.3) is 0 Å². The average Bonchev–Trinajstić information content (AvgIpc) is 2.45. The molecule has 1 unspecified atom stereocenters. The van der Waals surface area contributed by atoms with E-state index in [2.05, 4.69) is 4.74 Å². The molecule has 1 heterocycles. The van der Waals surface area contributed by atoms with E-state index in [1.807, 2.05) is 0 Å². The van der Waals surface area contributed by atoms with Crippen LogP contribution in [0, 0.1) is 5.41 Å². The molecule has 0 aromatic carbocycles. The zero-order valence-corrected chi connectivity index (χ0v) is 9.98. The maximum absolute atomic E-state index is 11.4. The van der Waals surface area contributed by atoms with E-state index >= 15 is 0 Å². The summed E-state index contributed by atoms with van der Waals surface area (Å²) < 4.78 is 9.49. The smallest absolute Gasteiger partial charge is 0.351 e. The molecule has 0 N–H and O–H groups in total. The van der Waals surface area contributed by atoms with Crippen LogP contribution in [0.5, 0.6) is 0 Å². The van der Waals surface area contributed by atoms with Crippen molar-refractivity contribution in [1.29, 1.82) is 0 Å². The minimum Gasteiger partial charge on any atom is -0.468 e. The zero-order valence-electron chi connectivity index (χ0n) is 8.47. The fraction of sp³-hybridized carbons (Fsp3) is 0.556. The van der Waals surface area contributed by atoms with Gasteiger partial charge in [-0.2, -0.15) is 0 Å². The minimum atomic E-state index is -1.06. The largest absolute Gasteiger partial charge is 0.468 e. The molecule has 0 aromatic rings. The number of cyclic esters (lactones) is 1. The predicted molar refractivity (Wildman–Crippen MR) is 54.4 cm³/mol. The summed E-state index contributed by atoms with van der Waals surface area (Å²) in [6.07, 6.45) is -0.883. The number of halogens is 2. The molecule has 1 aliphatic rings. The molecule has 0 aromatic heterocycles. The fourth-order valence-electron chi connectivity index (χ4n) is 1.26. The third kappa shape index (κ3) is 1.96. The first kappa shape index (κ1) is 12.3. The van der Waals surface area contributed by atoms with Crippen LogP contribution >= 0.6 is 23.2 Å². The number of carbonyl (C=O) groups is 2. The van der Waals surface area contributed by atoms with E-state index < -0.39 is 23.5 Å². The number of hydrogen-bond acceptors (Lipinski definition) is 4. The van der Waals surface area contributed by atoms with E-state index in [9.17, 15) is 9.59 Å². The summed E-state index contributed by atoms with van der Waals surface area (Å²) in [7, 11) is 1.25. The van der Waals surface area contributed by atoms with Gasteiger partial charge in [0.1, 0.15) is 10.4 Å². The summed E-state index contributed by atoms with van der Waals surface area (Å²) in [6.45, 7) is 3.13. The second kappa shape index (κ2) is 4.02. The summed E-state index contributed by atoms with van der Waals surface area (Å²) in [6, 6.07) is 0. The Kier molecular flexibility index (Phi) is 3.31. The Bertz CT molecular complexity index is 346. The van der Waals surface area contributed by atoms with Gasteiger partial charge in [0.2, 0.25) is 0 Å².